The maximum atomic E-state index is 12.4. The summed E-state index contributed by atoms with van der Waals surface area (Å²) in [5.74, 6) is 0.155. The van der Waals surface area contributed by atoms with E-state index in [1.54, 1.807) is 36.2 Å². The molecule has 120 valence electrons. The summed E-state index contributed by atoms with van der Waals surface area (Å²) in [6, 6.07) is 6.56. The van der Waals surface area contributed by atoms with Gasteiger partial charge in [0, 0.05) is 20.2 Å². The van der Waals surface area contributed by atoms with E-state index in [0.29, 0.717) is 44.1 Å². The first kappa shape index (κ1) is 16.3. The Hall–Kier alpha value is -2.08. The summed E-state index contributed by atoms with van der Waals surface area (Å²) < 4.78 is 10.8. The molecule has 0 saturated carbocycles. The molecule has 0 bridgehead atoms. The summed E-state index contributed by atoms with van der Waals surface area (Å²) in [5, 5.41) is 2.78. The number of hydrogen-bond donors (Lipinski definition) is 1. The highest BCUT2D eigenvalue weighted by atomic mass is 16.5. The van der Waals surface area contributed by atoms with Gasteiger partial charge in [0.05, 0.1) is 12.2 Å². The van der Waals surface area contributed by atoms with E-state index in [1.165, 1.54) is 0 Å². The Kier molecular flexibility index (Phi) is 5.77. The number of carbonyl (C=O) groups excluding carboxylic acids is 2. The number of nitrogens with one attached hydrogen (secondary N) is 1. The lowest BCUT2D eigenvalue weighted by Gasteiger charge is -2.14. The van der Waals surface area contributed by atoms with Crippen LogP contribution in [0.4, 0.5) is 0 Å². The Morgan fingerprint density at radius 3 is 2.82 bits per heavy atom. The summed E-state index contributed by atoms with van der Waals surface area (Å²) in [6.07, 6.45) is 0.633. The van der Waals surface area contributed by atoms with Crippen molar-refractivity contribution < 1.29 is 19.1 Å². The molecular weight excluding hydrogens is 284 g/mol. The molecule has 2 rings (SSSR count). The Bertz CT molecular complexity index is 533. The second kappa shape index (κ2) is 7.79. The van der Waals surface area contributed by atoms with Gasteiger partial charge in [-0.3, -0.25) is 9.59 Å². The minimum absolute atomic E-state index is 0.0527. The number of hydrogen-bond acceptors (Lipinski definition) is 4. The van der Waals surface area contributed by atoms with Gasteiger partial charge in [-0.2, -0.15) is 0 Å². The van der Waals surface area contributed by atoms with E-state index in [2.05, 4.69) is 5.32 Å². The van der Waals surface area contributed by atoms with Crippen molar-refractivity contribution in [3.8, 4) is 5.75 Å². The molecule has 1 unspecified atom stereocenters. The molecule has 1 N–H and O–H groups in total. The lowest BCUT2D eigenvalue weighted by Crippen LogP contribution is -2.40. The minimum atomic E-state index is -0.450. The molecule has 6 nitrogen and oxygen atoms in total. The second-order valence-electron chi connectivity index (χ2n) is 5.12. The van der Waals surface area contributed by atoms with E-state index in [-0.39, 0.29) is 11.8 Å². The lowest BCUT2D eigenvalue weighted by molar-refractivity contribution is -0.128. The summed E-state index contributed by atoms with van der Waals surface area (Å²) in [4.78, 5) is 25.9. The Morgan fingerprint density at radius 2 is 2.14 bits per heavy atom. The molecule has 2 amide bonds. The van der Waals surface area contributed by atoms with Crippen molar-refractivity contribution in [3.63, 3.8) is 0 Å². The van der Waals surface area contributed by atoms with E-state index in [9.17, 15) is 9.59 Å². The number of benzene rings is 1. The van der Waals surface area contributed by atoms with Gasteiger partial charge in [0.1, 0.15) is 18.4 Å². The smallest absolute Gasteiger partial charge is 0.255 e. The number of para-hydroxylation sites is 1. The topological polar surface area (TPSA) is 67.9 Å². The van der Waals surface area contributed by atoms with Gasteiger partial charge in [-0.05, 0) is 25.5 Å². The molecule has 0 radical (unpaired) electrons. The Morgan fingerprint density at radius 1 is 1.36 bits per heavy atom. The molecule has 0 aromatic heterocycles. The molecule has 1 fully saturated rings. The van der Waals surface area contributed by atoms with Gasteiger partial charge in [0.15, 0.2) is 0 Å². The van der Waals surface area contributed by atoms with Crippen LogP contribution in [0, 0.1) is 0 Å². The lowest BCUT2D eigenvalue weighted by atomic mass is 10.1. The average molecular weight is 306 g/mol. The Labute approximate surface area is 130 Å². The van der Waals surface area contributed by atoms with Crippen LogP contribution in [0.1, 0.15) is 23.7 Å². The maximum absolute atomic E-state index is 12.4. The number of likely N-dealkylation sites (N-methyl/N-ethyl adjacent to an activating group) is 1. The minimum Gasteiger partial charge on any atom is -0.490 e. The summed E-state index contributed by atoms with van der Waals surface area (Å²) in [5.41, 5.74) is 0.432. The molecule has 1 aliphatic heterocycles. The highest BCUT2D eigenvalue weighted by molar-refractivity contribution is 6.00. The number of rotatable bonds is 7. The van der Waals surface area contributed by atoms with E-state index in [0.717, 1.165) is 0 Å². The van der Waals surface area contributed by atoms with Crippen LogP contribution in [0.2, 0.25) is 0 Å². The highest BCUT2D eigenvalue weighted by Crippen LogP contribution is 2.19. The summed E-state index contributed by atoms with van der Waals surface area (Å²) >= 11 is 0. The van der Waals surface area contributed by atoms with Gasteiger partial charge in [-0.15, -0.1) is 0 Å². The van der Waals surface area contributed by atoms with Gasteiger partial charge in [0.25, 0.3) is 5.91 Å². The zero-order valence-corrected chi connectivity index (χ0v) is 13.0. The van der Waals surface area contributed by atoms with Gasteiger partial charge < -0.3 is 19.7 Å². The second-order valence-corrected chi connectivity index (χ2v) is 5.12. The molecule has 6 heteroatoms. The fraction of sp³-hybridized carbons (Fsp3) is 0.500. The largest absolute Gasteiger partial charge is 0.490 e. The van der Waals surface area contributed by atoms with Crippen LogP contribution in [0.15, 0.2) is 24.3 Å². The fourth-order valence-electron chi connectivity index (χ4n) is 2.33. The number of carbonyl (C=O) groups is 2. The van der Waals surface area contributed by atoms with Gasteiger partial charge in [-0.25, -0.2) is 0 Å². The summed E-state index contributed by atoms with van der Waals surface area (Å²) in [7, 11) is 1.74. The Balaban J connectivity index is 1.98. The summed E-state index contributed by atoms with van der Waals surface area (Å²) in [6.45, 7) is 4.05. The van der Waals surface area contributed by atoms with Crippen LogP contribution in [0.5, 0.6) is 5.75 Å². The predicted octanol–water partition coefficient (Wildman–Crippen LogP) is 1.06. The molecule has 1 atom stereocenters. The van der Waals surface area contributed by atoms with Crippen molar-refractivity contribution in [2.24, 2.45) is 0 Å². The third-order valence-corrected chi connectivity index (χ3v) is 3.55. The predicted molar refractivity (Wildman–Crippen MR) is 81.9 cm³/mol. The van der Waals surface area contributed by atoms with E-state index in [4.69, 9.17) is 9.47 Å². The zero-order chi connectivity index (χ0) is 15.9. The fourth-order valence-corrected chi connectivity index (χ4v) is 2.33. The van der Waals surface area contributed by atoms with Crippen LogP contribution < -0.4 is 10.1 Å². The number of likely N-dealkylation sites (tertiary alicyclic amines) is 1. The van der Waals surface area contributed by atoms with Crippen LogP contribution >= 0.6 is 0 Å². The molecule has 1 aromatic rings. The first-order valence-corrected chi connectivity index (χ1v) is 7.49. The first-order valence-electron chi connectivity index (χ1n) is 7.49. The van der Waals surface area contributed by atoms with Crippen molar-refractivity contribution in [2.45, 2.75) is 19.4 Å². The third-order valence-electron chi connectivity index (χ3n) is 3.55. The number of ether oxygens (including phenoxy) is 2. The molecular formula is C16H22N2O4. The standard InChI is InChI=1S/C16H22N2O4/c1-3-21-10-11-22-14-7-5-4-6-12(14)15(19)17-13-8-9-18(2)16(13)20/h4-7,13H,3,8-11H2,1-2H3,(H,17,19). The first-order chi connectivity index (χ1) is 10.6. The third kappa shape index (κ3) is 3.98. The van der Waals surface area contributed by atoms with Crippen molar-refractivity contribution in [2.75, 3.05) is 33.4 Å². The quantitative estimate of drug-likeness (QED) is 0.765. The maximum Gasteiger partial charge on any atom is 0.255 e. The molecule has 0 spiro atoms. The van der Waals surface area contributed by atoms with Crippen molar-refractivity contribution >= 4 is 11.8 Å². The molecule has 1 aliphatic rings. The molecule has 0 aliphatic carbocycles. The molecule has 1 saturated heterocycles. The van der Waals surface area contributed by atoms with Crippen LogP contribution in [-0.2, 0) is 9.53 Å². The number of nitrogens with zero attached hydrogens (tertiary/aromatic N) is 1. The number of amides is 2. The monoisotopic (exact) mass is 306 g/mol. The average Bonchev–Trinajstić information content (AvgIpc) is 2.84. The molecule has 22 heavy (non-hydrogen) atoms. The SMILES string of the molecule is CCOCCOc1ccccc1C(=O)NC1CCN(C)C1=O. The van der Waals surface area contributed by atoms with Crippen LogP contribution in [-0.4, -0.2) is 56.2 Å². The molecule has 1 aromatic carbocycles. The van der Waals surface area contributed by atoms with Gasteiger partial charge in [0.2, 0.25) is 5.91 Å². The van der Waals surface area contributed by atoms with E-state index >= 15 is 0 Å². The highest BCUT2D eigenvalue weighted by Gasteiger charge is 2.30. The van der Waals surface area contributed by atoms with E-state index in [1.807, 2.05) is 6.92 Å². The molecule has 1 heterocycles. The van der Waals surface area contributed by atoms with Gasteiger partial charge >= 0.3 is 0 Å². The zero-order valence-electron chi connectivity index (χ0n) is 13.0. The van der Waals surface area contributed by atoms with Crippen LogP contribution in [0.3, 0.4) is 0 Å². The van der Waals surface area contributed by atoms with Crippen molar-refractivity contribution in [3.05, 3.63) is 29.8 Å². The van der Waals surface area contributed by atoms with Crippen molar-refractivity contribution in [1.82, 2.24) is 10.2 Å². The van der Waals surface area contributed by atoms with E-state index < -0.39 is 6.04 Å². The van der Waals surface area contributed by atoms with Crippen LogP contribution in [0.25, 0.3) is 0 Å². The normalized spacial score (nSPS) is 17.6. The van der Waals surface area contributed by atoms with Gasteiger partial charge in [-0.1, -0.05) is 12.1 Å². The van der Waals surface area contributed by atoms with Crippen molar-refractivity contribution in [1.29, 1.82) is 0 Å².